The summed E-state index contributed by atoms with van der Waals surface area (Å²) in [6, 6.07) is 7.79. The molecule has 7 heteroatoms. The van der Waals surface area contributed by atoms with Crippen LogP contribution in [0.15, 0.2) is 41.7 Å². The highest BCUT2D eigenvalue weighted by molar-refractivity contribution is 6.30. The first kappa shape index (κ1) is 20.7. The Balaban J connectivity index is 1.63. The van der Waals surface area contributed by atoms with Crippen molar-refractivity contribution in [3.8, 4) is 0 Å². The average Bonchev–Trinajstić information content (AvgIpc) is 3.31. The lowest BCUT2D eigenvalue weighted by molar-refractivity contribution is 0.110. The third kappa shape index (κ3) is 5.49. The molecule has 0 aliphatic carbocycles. The minimum atomic E-state index is -0.110. The van der Waals surface area contributed by atoms with E-state index in [1.54, 1.807) is 7.11 Å². The van der Waals surface area contributed by atoms with Gasteiger partial charge in [0.05, 0.1) is 12.7 Å². The van der Waals surface area contributed by atoms with Gasteiger partial charge in [-0.2, -0.15) is 5.10 Å². The van der Waals surface area contributed by atoms with Gasteiger partial charge in [0.2, 0.25) is 0 Å². The summed E-state index contributed by atoms with van der Waals surface area (Å²) < 4.78 is 7.53. The number of likely N-dealkylation sites (tertiary alicyclic amines) is 1. The topological polar surface area (TPSA) is 54.7 Å². The number of nitrogens with zero attached hydrogens (tertiary/aromatic N) is 4. The maximum absolute atomic E-state index is 6.13. The van der Waals surface area contributed by atoms with Gasteiger partial charge in [0.15, 0.2) is 5.96 Å². The van der Waals surface area contributed by atoms with Crippen molar-refractivity contribution in [3.63, 3.8) is 0 Å². The summed E-state index contributed by atoms with van der Waals surface area (Å²) in [7, 11) is 3.68. The van der Waals surface area contributed by atoms with E-state index >= 15 is 0 Å². The first-order valence-corrected chi connectivity index (χ1v) is 10.3. The molecule has 1 aliphatic rings. The smallest absolute Gasteiger partial charge is 0.194 e. The predicted octanol–water partition coefficient (Wildman–Crippen LogP) is 3.29. The van der Waals surface area contributed by atoms with E-state index < -0.39 is 0 Å². The highest BCUT2D eigenvalue weighted by Gasteiger charge is 2.25. The molecule has 0 amide bonds. The highest BCUT2D eigenvalue weighted by Crippen LogP contribution is 2.23. The molecule has 1 N–H and O–H groups in total. The summed E-state index contributed by atoms with van der Waals surface area (Å²) in [6.07, 6.45) is 6.20. The monoisotopic (exact) mass is 403 g/mol. The lowest BCUT2D eigenvalue weighted by Gasteiger charge is -2.23. The average molecular weight is 404 g/mol. The lowest BCUT2D eigenvalue weighted by Crippen LogP contribution is -2.40. The molecule has 2 heterocycles. The maximum Gasteiger partial charge on any atom is 0.194 e. The van der Waals surface area contributed by atoms with Crippen LogP contribution in [-0.4, -0.2) is 53.9 Å². The lowest BCUT2D eigenvalue weighted by atomic mass is 10.0. The molecular weight excluding hydrogens is 374 g/mol. The second-order valence-electron chi connectivity index (χ2n) is 7.30. The number of ether oxygens (including phenoxy) is 1. The van der Waals surface area contributed by atoms with Crippen molar-refractivity contribution in [2.24, 2.45) is 18.0 Å². The number of guanidine groups is 1. The number of aliphatic imine (C=N–C) groups is 1. The van der Waals surface area contributed by atoms with Gasteiger partial charge in [-0.05, 0) is 48.9 Å². The van der Waals surface area contributed by atoms with Gasteiger partial charge in [0.1, 0.15) is 6.10 Å². The second-order valence-corrected chi connectivity index (χ2v) is 7.74. The standard InChI is InChI=1S/C21H30ClN5O/c1-4-23-21(24-13-20(28-3)18-6-5-7-19(22)11-18)27-9-8-16(15-27)10-17-12-25-26(2)14-17/h5-7,11-12,14,16,20H,4,8-10,13,15H2,1-3H3,(H,23,24). The summed E-state index contributed by atoms with van der Waals surface area (Å²) in [5.74, 6) is 1.58. The van der Waals surface area contributed by atoms with Crippen molar-refractivity contribution in [1.82, 2.24) is 20.0 Å². The molecule has 2 aromatic rings. The van der Waals surface area contributed by atoms with E-state index in [1.165, 1.54) is 12.0 Å². The molecule has 0 radical (unpaired) electrons. The van der Waals surface area contributed by atoms with Gasteiger partial charge < -0.3 is 15.0 Å². The molecule has 28 heavy (non-hydrogen) atoms. The largest absolute Gasteiger partial charge is 0.375 e. The van der Waals surface area contributed by atoms with Gasteiger partial charge in [-0.25, -0.2) is 0 Å². The fourth-order valence-electron chi connectivity index (χ4n) is 3.72. The van der Waals surface area contributed by atoms with Gasteiger partial charge in [-0.1, -0.05) is 23.7 Å². The number of benzene rings is 1. The predicted molar refractivity (Wildman–Crippen MR) is 114 cm³/mol. The summed E-state index contributed by atoms with van der Waals surface area (Å²) >= 11 is 6.13. The van der Waals surface area contributed by atoms with Gasteiger partial charge in [0, 0.05) is 45.0 Å². The van der Waals surface area contributed by atoms with Crippen molar-refractivity contribution >= 4 is 17.6 Å². The Kier molecular flexibility index (Phi) is 7.34. The Morgan fingerprint density at radius 3 is 3.00 bits per heavy atom. The number of aryl methyl sites for hydroxylation is 1. The van der Waals surface area contributed by atoms with Crippen LogP contribution in [0.5, 0.6) is 0 Å². The molecular formula is C21H30ClN5O. The van der Waals surface area contributed by atoms with Gasteiger partial charge in [-0.15, -0.1) is 0 Å². The zero-order valence-electron chi connectivity index (χ0n) is 16.9. The molecule has 3 rings (SSSR count). The molecule has 2 unspecified atom stereocenters. The van der Waals surface area contributed by atoms with Crippen molar-refractivity contribution in [1.29, 1.82) is 0 Å². The third-order valence-electron chi connectivity index (χ3n) is 5.11. The second kappa shape index (κ2) is 9.94. The van der Waals surface area contributed by atoms with Gasteiger partial charge >= 0.3 is 0 Å². The number of nitrogens with one attached hydrogen (secondary N) is 1. The number of hydrogen-bond donors (Lipinski definition) is 1. The van der Waals surface area contributed by atoms with Crippen molar-refractivity contribution in [2.45, 2.75) is 25.9 Å². The van der Waals surface area contributed by atoms with Crippen molar-refractivity contribution < 1.29 is 4.74 Å². The summed E-state index contributed by atoms with van der Waals surface area (Å²) in [5.41, 5.74) is 2.35. The number of aromatic nitrogens is 2. The van der Waals surface area contributed by atoms with Crippen LogP contribution >= 0.6 is 11.6 Å². The number of methoxy groups -OCH3 is 1. The molecule has 1 aromatic heterocycles. The van der Waals surface area contributed by atoms with Crippen LogP contribution in [0.25, 0.3) is 0 Å². The minimum Gasteiger partial charge on any atom is -0.375 e. The fraction of sp³-hybridized carbons (Fsp3) is 0.524. The summed E-state index contributed by atoms with van der Waals surface area (Å²) in [4.78, 5) is 7.22. The SMILES string of the molecule is CCNC(=NCC(OC)c1cccc(Cl)c1)N1CCC(Cc2cnn(C)c2)C1. The van der Waals surface area contributed by atoms with Crippen LogP contribution in [0.2, 0.25) is 5.02 Å². The van der Waals surface area contributed by atoms with Gasteiger partial charge in [-0.3, -0.25) is 9.67 Å². The molecule has 1 fully saturated rings. The van der Waals surface area contributed by atoms with Crippen LogP contribution in [0, 0.1) is 5.92 Å². The molecule has 152 valence electrons. The molecule has 1 aromatic carbocycles. The highest BCUT2D eigenvalue weighted by atomic mass is 35.5. The molecule has 0 saturated carbocycles. The summed E-state index contributed by atoms with van der Waals surface area (Å²) in [6.45, 7) is 5.53. The van der Waals surface area contributed by atoms with E-state index in [0.29, 0.717) is 17.5 Å². The molecule has 1 saturated heterocycles. The Hall–Kier alpha value is -2.05. The van der Waals surface area contributed by atoms with Crippen molar-refractivity contribution in [3.05, 3.63) is 52.8 Å². The number of halogens is 1. The minimum absolute atomic E-state index is 0.110. The van der Waals surface area contributed by atoms with Crippen LogP contribution in [0.4, 0.5) is 0 Å². The van der Waals surface area contributed by atoms with Crippen LogP contribution < -0.4 is 5.32 Å². The number of rotatable bonds is 7. The third-order valence-corrected chi connectivity index (χ3v) is 5.35. The Labute approximate surface area is 172 Å². The van der Waals surface area contributed by atoms with Crippen LogP contribution in [0.1, 0.15) is 30.6 Å². The summed E-state index contributed by atoms with van der Waals surface area (Å²) in [5, 5.41) is 8.43. The Morgan fingerprint density at radius 2 is 2.32 bits per heavy atom. The zero-order chi connectivity index (χ0) is 19.9. The van der Waals surface area contributed by atoms with E-state index in [2.05, 4.69) is 28.4 Å². The molecule has 0 bridgehead atoms. The fourth-order valence-corrected chi connectivity index (χ4v) is 3.92. The first-order valence-electron chi connectivity index (χ1n) is 9.88. The Bertz CT molecular complexity index is 791. The Morgan fingerprint density at radius 1 is 1.46 bits per heavy atom. The zero-order valence-corrected chi connectivity index (χ0v) is 17.7. The van der Waals surface area contributed by atoms with Crippen molar-refractivity contribution in [2.75, 3.05) is 33.3 Å². The molecule has 0 spiro atoms. The number of hydrogen-bond acceptors (Lipinski definition) is 3. The van der Waals surface area contributed by atoms with E-state index in [4.69, 9.17) is 21.3 Å². The van der Waals surface area contributed by atoms with E-state index in [0.717, 1.165) is 37.6 Å². The van der Waals surface area contributed by atoms with Gasteiger partial charge in [0.25, 0.3) is 0 Å². The van der Waals surface area contributed by atoms with E-state index in [-0.39, 0.29) is 6.10 Å². The quantitative estimate of drug-likeness (QED) is 0.569. The molecule has 2 atom stereocenters. The molecule has 1 aliphatic heterocycles. The normalized spacial score (nSPS) is 18.5. The molecule has 6 nitrogen and oxygen atoms in total. The first-order chi connectivity index (χ1) is 13.6. The van der Waals surface area contributed by atoms with E-state index in [1.807, 2.05) is 42.2 Å². The maximum atomic E-state index is 6.13. The van der Waals surface area contributed by atoms with E-state index in [9.17, 15) is 0 Å². The van der Waals surface area contributed by atoms with Crippen LogP contribution in [-0.2, 0) is 18.2 Å². The van der Waals surface area contributed by atoms with Crippen LogP contribution in [0.3, 0.4) is 0 Å².